The third kappa shape index (κ3) is 2.01. The summed E-state index contributed by atoms with van der Waals surface area (Å²) in [7, 11) is 5.64. The number of methoxy groups -OCH3 is 4. The fraction of sp³-hybridized carbons (Fsp3) is 0.560. The van der Waals surface area contributed by atoms with Gasteiger partial charge in [-0.25, -0.2) is 9.59 Å². The monoisotopic (exact) mass is 468 g/mol. The van der Waals surface area contributed by atoms with E-state index in [1.807, 2.05) is 6.07 Å². The maximum atomic E-state index is 14.0. The van der Waals surface area contributed by atoms with E-state index in [1.165, 1.54) is 33.3 Å². The van der Waals surface area contributed by atoms with E-state index in [0.717, 1.165) is 5.56 Å². The highest BCUT2D eigenvalue weighted by molar-refractivity contribution is 6.08. The molecule has 5 aliphatic rings. The summed E-state index contributed by atoms with van der Waals surface area (Å²) in [5, 5.41) is 0. The molecule has 3 heterocycles. The Labute approximate surface area is 197 Å². The second-order valence-electron chi connectivity index (χ2n) is 9.91. The van der Waals surface area contributed by atoms with Crippen molar-refractivity contribution in [3.05, 3.63) is 29.8 Å². The zero-order chi connectivity index (χ0) is 24.0. The van der Waals surface area contributed by atoms with Gasteiger partial charge in [-0.3, -0.25) is 14.6 Å². The number of ketones is 1. The second kappa shape index (κ2) is 6.75. The van der Waals surface area contributed by atoms with Gasteiger partial charge >= 0.3 is 12.1 Å². The van der Waals surface area contributed by atoms with Crippen molar-refractivity contribution in [1.82, 2.24) is 4.90 Å². The third-order valence-electron chi connectivity index (χ3n) is 9.08. The molecule has 3 aliphatic heterocycles. The van der Waals surface area contributed by atoms with Crippen molar-refractivity contribution in [2.45, 2.75) is 36.3 Å². The zero-order valence-electron chi connectivity index (χ0n) is 19.8. The molecule has 4 bridgehead atoms. The molecule has 34 heavy (non-hydrogen) atoms. The van der Waals surface area contributed by atoms with Crippen LogP contribution in [0.25, 0.3) is 0 Å². The van der Waals surface area contributed by atoms with Crippen molar-refractivity contribution in [1.29, 1.82) is 0 Å². The van der Waals surface area contributed by atoms with Crippen LogP contribution in [0.1, 0.15) is 24.8 Å². The minimum absolute atomic E-state index is 0.116. The normalized spacial score (nSPS) is 36.6. The maximum absolute atomic E-state index is 14.0. The van der Waals surface area contributed by atoms with Crippen molar-refractivity contribution in [2.75, 3.05) is 46.4 Å². The topological polar surface area (TPSA) is 94.6 Å². The van der Waals surface area contributed by atoms with Gasteiger partial charge in [-0.2, -0.15) is 0 Å². The van der Waals surface area contributed by atoms with Crippen molar-refractivity contribution in [3.8, 4) is 11.5 Å². The Balaban J connectivity index is 1.79. The molecule has 0 radical (unpaired) electrons. The standard InChI is InChI=1S/C25H28N2O7/c1-31-17-7-6-14-18(19(17)32-2)27(22(30)34-4)24(21(29)33-3)10-9-23-8-5-11-26-13-15(16(28)12-23)25(14,24)20(23)26/h5-8,15,20H,9-13H2,1-4H3/t15-,20+,23-,24-,25+/m1/s1. The molecule has 1 aromatic rings. The Morgan fingerprint density at radius 2 is 1.85 bits per heavy atom. The molecule has 1 spiro atoms. The van der Waals surface area contributed by atoms with E-state index in [1.54, 1.807) is 6.07 Å². The van der Waals surface area contributed by atoms with Gasteiger partial charge < -0.3 is 18.9 Å². The Morgan fingerprint density at radius 1 is 1.06 bits per heavy atom. The smallest absolute Gasteiger partial charge is 0.415 e. The van der Waals surface area contributed by atoms with Gasteiger partial charge in [0.05, 0.1) is 39.5 Å². The van der Waals surface area contributed by atoms with Crippen LogP contribution in [0, 0.1) is 11.3 Å². The van der Waals surface area contributed by atoms with Crippen molar-refractivity contribution in [2.24, 2.45) is 11.3 Å². The van der Waals surface area contributed by atoms with Crippen LogP contribution in [0.2, 0.25) is 0 Å². The number of fused-ring (bicyclic) bond motifs is 1. The van der Waals surface area contributed by atoms with E-state index in [4.69, 9.17) is 18.9 Å². The number of hydrogen-bond donors (Lipinski definition) is 0. The van der Waals surface area contributed by atoms with Gasteiger partial charge in [0.1, 0.15) is 5.78 Å². The number of hydrogen-bond acceptors (Lipinski definition) is 8. The van der Waals surface area contributed by atoms with Crippen LogP contribution in [0.3, 0.4) is 0 Å². The first-order valence-electron chi connectivity index (χ1n) is 11.5. The Kier molecular flexibility index (Phi) is 4.26. The van der Waals surface area contributed by atoms with E-state index < -0.39 is 34.3 Å². The molecular formula is C25H28N2O7. The number of carbonyl (C=O) groups excluding carboxylic acids is 3. The van der Waals surface area contributed by atoms with Crippen LogP contribution in [0.4, 0.5) is 10.5 Å². The van der Waals surface area contributed by atoms with E-state index in [-0.39, 0.29) is 11.8 Å². The van der Waals surface area contributed by atoms with Crippen LogP contribution >= 0.6 is 0 Å². The quantitative estimate of drug-likeness (QED) is 0.492. The van der Waals surface area contributed by atoms with E-state index >= 15 is 0 Å². The van der Waals surface area contributed by atoms with Crippen molar-refractivity contribution in [3.63, 3.8) is 0 Å². The Bertz CT molecular complexity index is 1160. The lowest BCUT2D eigenvalue weighted by Gasteiger charge is -2.63. The number of benzene rings is 1. The predicted molar refractivity (Wildman–Crippen MR) is 120 cm³/mol. The number of amides is 1. The van der Waals surface area contributed by atoms with Crippen LogP contribution in [0.5, 0.6) is 11.5 Å². The molecule has 1 aromatic carbocycles. The molecule has 3 fully saturated rings. The summed E-state index contributed by atoms with van der Waals surface area (Å²) in [4.78, 5) is 45.0. The second-order valence-corrected chi connectivity index (χ2v) is 9.91. The Morgan fingerprint density at radius 3 is 2.53 bits per heavy atom. The molecule has 9 nitrogen and oxygen atoms in total. The van der Waals surface area contributed by atoms with Crippen LogP contribution in [0.15, 0.2) is 24.3 Å². The maximum Gasteiger partial charge on any atom is 0.415 e. The van der Waals surface area contributed by atoms with Crippen molar-refractivity contribution < 1.29 is 33.3 Å². The van der Waals surface area contributed by atoms with Gasteiger partial charge in [0.25, 0.3) is 0 Å². The number of ether oxygens (including phenoxy) is 4. The fourth-order valence-electron chi connectivity index (χ4n) is 8.26. The average Bonchev–Trinajstić information content (AvgIpc) is 3.32. The van der Waals surface area contributed by atoms with Gasteiger partial charge in [0.2, 0.25) is 0 Å². The van der Waals surface area contributed by atoms with E-state index in [0.29, 0.717) is 49.5 Å². The van der Waals surface area contributed by atoms with E-state index in [9.17, 15) is 14.4 Å². The lowest BCUT2D eigenvalue weighted by Crippen LogP contribution is -2.78. The zero-order valence-corrected chi connectivity index (χ0v) is 19.8. The molecule has 1 saturated heterocycles. The summed E-state index contributed by atoms with van der Waals surface area (Å²) in [5.41, 5.74) is -1.69. The van der Waals surface area contributed by atoms with Crippen LogP contribution in [-0.2, 0) is 24.5 Å². The largest absolute Gasteiger partial charge is 0.493 e. The van der Waals surface area contributed by atoms with Gasteiger partial charge in [-0.1, -0.05) is 18.2 Å². The van der Waals surface area contributed by atoms with Gasteiger partial charge in [-0.05, 0) is 24.5 Å². The summed E-state index contributed by atoms with van der Waals surface area (Å²) in [6, 6.07) is 3.53. The lowest BCUT2D eigenvalue weighted by molar-refractivity contribution is -0.161. The van der Waals surface area contributed by atoms with Crippen LogP contribution in [-0.4, -0.2) is 75.9 Å². The SMILES string of the molecule is COC(=O)N1c2c(ccc(OC)c2OC)[C@@]23[C@@H]4CN5CC=C[C@@](CC[C@]12C(=O)OC)(CC4=O)[C@H]53. The molecule has 0 unspecified atom stereocenters. The average molecular weight is 469 g/mol. The molecule has 6 rings (SSSR count). The molecule has 180 valence electrons. The lowest BCUT2D eigenvalue weighted by atomic mass is 9.42. The van der Waals surface area contributed by atoms with E-state index in [2.05, 4.69) is 17.1 Å². The fourth-order valence-corrected chi connectivity index (χ4v) is 8.26. The third-order valence-corrected chi connectivity index (χ3v) is 9.08. The summed E-state index contributed by atoms with van der Waals surface area (Å²) in [6.45, 7) is 1.22. The van der Waals surface area contributed by atoms with Crippen LogP contribution < -0.4 is 14.4 Å². The number of anilines is 1. The minimum Gasteiger partial charge on any atom is -0.493 e. The molecular weight excluding hydrogens is 440 g/mol. The van der Waals surface area contributed by atoms with Gasteiger partial charge in [-0.15, -0.1) is 0 Å². The number of esters is 1. The molecule has 2 aliphatic carbocycles. The number of Topliss-reactive ketones (excluding diaryl/α,β-unsaturated/α-hetero) is 1. The number of rotatable bonds is 3. The summed E-state index contributed by atoms with van der Waals surface area (Å²) >= 11 is 0. The number of nitrogens with zero attached hydrogens (tertiary/aromatic N) is 2. The first-order valence-corrected chi connectivity index (χ1v) is 11.5. The summed E-state index contributed by atoms with van der Waals surface area (Å²) < 4.78 is 22.0. The summed E-state index contributed by atoms with van der Waals surface area (Å²) in [5.74, 6) is -0.142. The first-order chi connectivity index (χ1) is 16.4. The molecule has 5 atom stereocenters. The molecule has 0 aromatic heterocycles. The van der Waals surface area contributed by atoms with Crippen molar-refractivity contribution >= 4 is 23.5 Å². The molecule has 9 heteroatoms. The highest BCUT2D eigenvalue weighted by atomic mass is 16.6. The van der Waals surface area contributed by atoms with Gasteiger partial charge in [0.15, 0.2) is 17.0 Å². The molecule has 0 N–H and O–H groups in total. The highest BCUT2D eigenvalue weighted by Gasteiger charge is 2.84. The summed E-state index contributed by atoms with van der Waals surface area (Å²) in [6.07, 6.45) is 4.97. The molecule has 1 amide bonds. The number of carbonyl (C=O) groups is 3. The van der Waals surface area contributed by atoms with Gasteiger partial charge in [0, 0.05) is 36.9 Å². The molecule has 2 saturated carbocycles. The highest BCUT2D eigenvalue weighted by Crippen LogP contribution is 2.74. The predicted octanol–water partition coefficient (Wildman–Crippen LogP) is 2.06. The minimum atomic E-state index is -1.45. The first kappa shape index (κ1) is 21.5. The Hall–Kier alpha value is -3.07.